The lowest BCUT2D eigenvalue weighted by Gasteiger charge is -2.09. The average Bonchev–Trinajstić information content (AvgIpc) is 2.76. The van der Waals surface area contributed by atoms with Crippen LogP contribution >= 0.6 is 0 Å². The molecule has 0 atom stereocenters. The van der Waals surface area contributed by atoms with Gasteiger partial charge in [0.25, 0.3) is 17.7 Å². The Balaban J connectivity index is 2.23. The summed E-state index contributed by atoms with van der Waals surface area (Å²) in [7, 11) is 0. The maximum atomic E-state index is 12.3. The summed E-state index contributed by atoms with van der Waals surface area (Å²) in [6.45, 7) is 4.36. The molecule has 1 aliphatic rings. The molecule has 22 heavy (non-hydrogen) atoms. The maximum Gasteiger partial charge on any atom is 0.261 e. The summed E-state index contributed by atoms with van der Waals surface area (Å²) in [4.78, 5) is 37.6. The third-order valence-electron chi connectivity index (χ3n) is 3.37. The Morgan fingerprint density at radius 3 is 2.45 bits per heavy atom. The van der Waals surface area contributed by atoms with Gasteiger partial charge in [-0.25, -0.2) is 0 Å². The highest BCUT2D eigenvalue weighted by atomic mass is 16.2. The van der Waals surface area contributed by atoms with Crippen LogP contribution in [0.2, 0.25) is 0 Å². The predicted molar refractivity (Wildman–Crippen MR) is 83.8 cm³/mol. The van der Waals surface area contributed by atoms with E-state index in [4.69, 9.17) is 0 Å². The zero-order chi connectivity index (χ0) is 16.1. The fourth-order valence-corrected chi connectivity index (χ4v) is 2.18. The number of carbonyl (C=O) groups is 3. The summed E-state index contributed by atoms with van der Waals surface area (Å²) in [5, 5.41) is 2.72. The maximum absolute atomic E-state index is 12.3. The van der Waals surface area contributed by atoms with Crippen LogP contribution < -0.4 is 5.32 Å². The molecule has 5 nitrogen and oxygen atoms in total. The molecule has 2 rings (SSSR count). The van der Waals surface area contributed by atoms with Gasteiger partial charge in [0.1, 0.15) is 0 Å². The summed E-state index contributed by atoms with van der Waals surface area (Å²) in [5.74, 6) is -0.951. The smallest absolute Gasteiger partial charge is 0.261 e. The highest BCUT2D eigenvalue weighted by Gasteiger charge is 2.35. The molecule has 114 valence electrons. The van der Waals surface area contributed by atoms with Gasteiger partial charge in [-0.3, -0.25) is 19.3 Å². The lowest BCUT2D eigenvalue weighted by atomic mass is 10.1. The van der Waals surface area contributed by atoms with Crippen molar-refractivity contribution >= 4 is 17.7 Å². The van der Waals surface area contributed by atoms with Crippen LogP contribution in [0.25, 0.3) is 0 Å². The highest BCUT2D eigenvalue weighted by molar-refractivity contribution is 6.22. The second kappa shape index (κ2) is 6.85. The van der Waals surface area contributed by atoms with Crippen LogP contribution in [0.1, 0.15) is 44.9 Å². The molecule has 0 spiro atoms. The normalized spacial score (nSPS) is 14.2. The van der Waals surface area contributed by atoms with Gasteiger partial charge in [-0.2, -0.15) is 0 Å². The van der Waals surface area contributed by atoms with Gasteiger partial charge >= 0.3 is 0 Å². The molecule has 1 heterocycles. The lowest BCUT2D eigenvalue weighted by molar-refractivity contribution is 0.0671. The average molecular weight is 298 g/mol. The number of nitrogens with zero attached hydrogens (tertiary/aromatic N) is 1. The third kappa shape index (κ3) is 2.98. The summed E-state index contributed by atoms with van der Waals surface area (Å²) in [5.41, 5.74) is 1.00. The molecule has 5 heteroatoms. The van der Waals surface area contributed by atoms with Crippen LogP contribution in [-0.4, -0.2) is 35.7 Å². The van der Waals surface area contributed by atoms with Crippen LogP contribution in [0.4, 0.5) is 0 Å². The molecular weight excluding hydrogens is 280 g/mol. The first kappa shape index (κ1) is 15.7. The topological polar surface area (TPSA) is 66.5 Å². The molecule has 1 aliphatic heterocycles. The summed E-state index contributed by atoms with van der Waals surface area (Å²) in [6.07, 6.45) is 7.18. The van der Waals surface area contributed by atoms with E-state index in [0.717, 1.165) is 0 Å². The lowest BCUT2D eigenvalue weighted by Crippen LogP contribution is -2.29. The van der Waals surface area contributed by atoms with E-state index in [0.29, 0.717) is 17.7 Å². The van der Waals surface area contributed by atoms with Crippen LogP contribution in [0.3, 0.4) is 0 Å². The highest BCUT2D eigenvalue weighted by Crippen LogP contribution is 2.24. The number of rotatable bonds is 5. The van der Waals surface area contributed by atoms with Crippen molar-refractivity contribution in [3.05, 3.63) is 59.2 Å². The molecule has 1 aromatic carbocycles. The SMILES string of the molecule is C/C=C/CNC(=O)c1ccc2c(c1)C(=O)N(C/C=C/C)C2=O. The zero-order valence-corrected chi connectivity index (χ0v) is 12.6. The van der Waals surface area contributed by atoms with Crippen molar-refractivity contribution < 1.29 is 14.4 Å². The van der Waals surface area contributed by atoms with Gasteiger partial charge in [0.2, 0.25) is 0 Å². The van der Waals surface area contributed by atoms with Crippen LogP contribution in [0.15, 0.2) is 42.5 Å². The molecule has 0 radical (unpaired) electrons. The monoisotopic (exact) mass is 298 g/mol. The molecule has 1 aromatic rings. The Hall–Kier alpha value is -2.69. The number of hydrogen-bond acceptors (Lipinski definition) is 3. The second-order valence-corrected chi connectivity index (χ2v) is 4.83. The van der Waals surface area contributed by atoms with Crippen molar-refractivity contribution in [2.45, 2.75) is 13.8 Å². The number of imide groups is 1. The Morgan fingerprint density at radius 1 is 1.09 bits per heavy atom. The quantitative estimate of drug-likeness (QED) is 0.669. The van der Waals surface area contributed by atoms with E-state index in [9.17, 15) is 14.4 Å². The minimum absolute atomic E-state index is 0.242. The van der Waals surface area contributed by atoms with E-state index in [2.05, 4.69) is 5.32 Å². The van der Waals surface area contributed by atoms with Crippen molar-refractivity contribution in [2.75, 3.05) is 13.1 Å². The third-order valence-corrected chi connectivity index (χ3v) is 3.37. The molecule has 0 aromatic heterocycles. The van der Waals surface area contributed by atoms with E-state index in [1.807, 2.05) is 26.0 Å². The fraction of sp³-hybridized carbons (Fsp3) is 0.235. The molecule has 1 N–H and O–H groups in total. The van der Waals surface area contributed by atoms with Crippen molar-refractivity contribution in [1.82, 2.24) is 10.2 Å². The first-order valence-corrected chi connectivity index (χ1v) is 7.11. The first-order valence-electron chi connectivity index (χ1n) is 7.11. The minimum Gasteiger partial charge on any atom is -0.349 e. The fourth-order valence-electron chi connectivity index (χ4n) is 2.18. The number of fused-ring (bicyclic) bond motifs is 1. The number of amides is 3. The van der Waals surface area contributed by atoms with E-state index < -0.39 is 0 Å². The molecule has 3 amide bonds. The van der Waals surface area contributed by atoms with Crippen molar-refractivity contribution in [3.63, 3.8) is 0 Å². The zero-order valence-electron chi connectivity index (χ0n) is 12.6. The number of hydrogen-bond donors (Lipinski definition) is 1. The first-order chi connectivity index (χ1) is 10.6. The second-order valence-electron chi connectivity index (χ2n) is 4.83. The number of allylic oxidation sites excluding steroid dienone is 2. The number of nitrogens with one attached hydrogen (secondary N) is 1. The van der Waals surface area contributed by atoms with Crippen molar-refractivity contribution in [2.24, 2.45) is 0 Å². The van der Waals surface area contributed by atoms with Crippen molar-refractivity contribution in [3.8, 4) is 0 Å². The molecule has 0 saturated heterocycles. The Kier molecular flexibility index (Phi) is 4.88. The summed E-state index contributed by atoms with van der Waals surface area (Å²) >= 11 is 0. The molecule has 0 aliphatic carbocycles. The number of carbonyl (C=O) groups excluding carboxylic acids is 3. The van der Waals surface area contributed by atoms with E-state index in [1.54, 1.807) is 18.2 Å². The van der Waals surface area contributed by atoms with Gasteiger partial charge in [-0.05, 0) is 32.0 Å². The van der Waals surface area contributed by atoms with Crippen LogP contribution in [-0.2, 0) is 0 Å². The van der Waals surface area contributed by atoms with Gasteiger partial charge in [0.05, 0.1) is 11.1 Å². The van der Waals surface area contributed by atoms with Crippen molar-refractivity contribution in [1.29, 1.82) is 0 Å². The Labute approximate surface area is 129 Å². The van der Waals surface area contributed by atoms with E-state index in [-0.39, 0.29) is 29.8 Å². The molecule has 0 saturated carbocycles. The van der Waals surface area contributed by atoms with Gasteiger partial charge in [-0.1, -0.05) is 24.3 Å². The molecular formula is C17H18N2O3. The molecule has 0 bridgehead atoms. The van der Waals surface area contributed by atoms with Gasteiger partial charge in [-0.15, -0.1) is 0 Å². The Bertz CT molecular complexity index is 674. The van der Waals surface area contributed by atoms with E-state index in [1.165, 1.54) is 17.0 Å². The summed E-state index contributed by atoms with van der Waals surface area (Å²) in [6, 6.07) is 4.58. The van der Waals surface area contributed by atoms with Gasteiger partial charge in [0.15, 0.2) is 0 Å². The molecule has 0 fully saturated rings. The molecule has 0 unspecified atom stereocenters. The minimum atomic E-state index is -0.360. The predicted octanol–water partition coefficient (Wildman–Crippen LogP) is 2.16. The van der Waals surface area contributed by atoms with Crippen LogP contribution in [0, 0.1) is 0 Å². The Morgan fingerprint density at radius 2 is 1.77 bits per heavy atom. The number of benzene rings is 1. The van der Waals surface area contributed by atoms with Gasteiger partial charge < -0.3 is 5.32 Å². The van der Waals surface area contributed by atoms with Gasteiger partial charge in [0, 0.05) is 18.7 Å². The van der Waals surface area contributed by atoms with E-state index >= 15 is 0 Å². The summed E-state index contributed by atoms with van der Waals surface area (Å²) < 4.78 is 0. The largest absolute Gasteiger partial charge is 0.349 e. The standard InChI is InChI=1S/C17H18N2O3/c1-3-5-9-18-15(20)12-7-8-13-14(11-12)17(22)19(16(13)21)10-6-4-2/h3-8,11H,9-10H2,1-2H3,(H,18,20)/b5-3+,6-4+. The van der Waals surface area contributed by atoms with Crippen LogP contribution in [0.5, 0.6) is 0 Å².